The van der Waals surface area contributed by atoms with Gasteiger partial charge in [0, 0.05) is 39.0 Å². The largest absolute Gasteiger partial charge is 0.368 e. The summed E-state index contributed by atoms with van der Waals surface area (Å²) in [7, 11) is 0. The second-order valence-corrected chi connectivity index (χ2v) is 6.69. The molecule has 2 atom stereocenters. The number of nitrogens with two attached hydrogens (primary N) is 1. The molecule has 3 N–H and O–H groups in total. The molecule has 0 aromatic heterocycles. The van der Waals surface area contributed by atoms with E-state index in [9.17, 15) is 14.4 Å². The summed E-state index contributed by atoms with van der Waals surface area (Å²) in [5, 5.41) is 2.92. The summed E-state index contributed by atoms with van der Waals surface area (Å²) < 4.78 is 0. The van der Waals surface area contributed by atoms with Crippen molar-refractivity contribution in [2.75, 3.05) is 26.2 Å². The minimum atomic E-state index is -0.353. The zero-order valence-corrected chi connectivity index (χ0v) is 15.5. The molecular weight excluding hydrogens is 332 g/mol. The van der Waals surface area contributed by atoms with E-state index in [0.29, 0.717) is 26.2 Å². The van der Waals surface area contributed by atoms with Crippen molar-refractivity contribution in [3.05, 3.63) is 35.9 Å². The highest BCUT2D eigenvalue weighted by Crippen LogP contribution is 2.12. The molecule has 0 bridgehead atoms. The van der Waals surface area contributed by atoms with Gasteiger partial charge in [0.15, 0.2) is 0 Å². The third kappa shape index (κ3) is 5.56. The Morgan fingerprint density at radius 3 is 2.23 bits per heavy atom. The van der Waals surface area contributed by atoms with Crippen LogP contribution in [-0.2, 0) is 14.4 Å². The van der Waals surface area contributed by atoms with Crippen LogP contribution in [-0.4, -0.2) is 59.7 Å². The molecule has 1 heterocycles. The highest BCUT2D eigenvalue weighted by molar-refractivity contribution is 5.84. The summed E-state index contributed by atoms with van der Waals surface area (Å²) in [6.07, 6.45) is 0.368. The third-order valence-electron chi connectivity index (χ3n) is 4.87. The molecule has 2 unspecified atom stereocenters. The number of hydrogen-bond donors (Lipinski definition) is 2. The molecule has 1 aliphatic heterocycles. The lowest BCUT2D eigenvalue weighted by Gasteiger charge is -2.37. The Bertz CT molecular complexity index is 627. The summed E-state index contributed by atoms with van der Waals surface area (Å²) in [6.45, 7) is 6.05. The molecule has 1 saturated heterocycles. The van der Waals surface area contributed by atoms with Gasteiger partial charge < -0.3 is 16.0 Å². The summed E-state index contributed by atoms with van der Waals surface area (Å²) in [5.74, 6) is -0.511. The number of benzene rings is 1. The van der Waals surface area contributed by atoms with E-state index >= 15 is 0 Å². The number of nitrogens with zero attached hydrogens (tertiary/aromatic N) is 2. The van der Waals surface area contributed by atoms with Gasteiger partial charge in [-0.25, -0.2) is 0 Å². The minimum absolute atomic E-state index is 0.0288. The maximum Gasteiger partial charge on any atom is 0.234 e. The van der Waals surface area contributed by atoms with Crippen molar-refractivity contribution >= 4 is 17.7 Å². The van der Waals surface area contributed by atoms with Gasteiger partial charge in [0.2, 0.25) is 17.7 Å². The van der Waals surface area contributed by atoms with Gasteiger partial charge in [-0.2, -0.15) is 0 Å². The number of carbonyl (C=O) groups is 3. The molecule has 0 saturated carbocycles. The van der Waals surface area contributed by atoms with E-state index in [0.717, 1.165) is 5.56 Å². The van der Waals surface area contributed by atoms with E-state index in [4.69, 9.17) is 5.73 Å². The van der Waals surface area contributed by atoms with Gasteiger partial charge in [-0.3, -0.25) is 19.3 Å². The molecule has 0 radical (unpaired) electrons. The number of rotatable bonds is 7. The Morgan fingerprint density at radius 2 is 1.65 bits per heavy atom. The van der Waals surface area contributed by atoms with Gasteiger partial charge >= 0.3 is 0 Å². The van der Waals surface area contributed by atoms with Crippen molar-refractivity contribution < 1.29 is 14.4 Å². The number of hydrogen-bond acceptors (Lipinski definition) is 4. The van der Waals surface area contributed by atoms with Crippen LogP contribution < -0.4 is 11.1 Å². The molecule has 0 aliphatic carbocycles. The first-order valence-electron chi connectivity index (χ1n) is 9.04. The first-order valence-corrected chi connectivity index (χ1v) is 9.04. The quantitative estimate of drug-likeness (QED) is 0.747. The molecule has 0 spiro atoms. The van der Waals surface area contributed by atoms with Gasteiger partial charge in [0.1, 0.15) is 0 Å². The van der Waals surface area contributed by atoms with Crippen LogP contribution in [0.4, 0.5) is 0 Å². The van der Waals surface area contributed by atoms with Crippen LogP contribution in [0.2, 0.25) is 0 Å². The van der Waals surface area contributed by atoms with E-state index < -0.39 is 0 Å². The van der Waals surface area contributed by atoms with Crippen LogP contribution in [0, 0.1) is 0 Å². The van der Waals surface area contributed by atoms with Crippen LogP contribution in [0.15, 0.2) is 30.3 Å². The summed E-state index contributed by atoms with van der Waals surface area (Å²) in [5.41, 5.74) is 6.35. The smallest absolute Gasteiger partial charge is 0.234 e. The second kappa shape index (κ2) is 9.33. The summed E-state index contributed by atoms with van der Waals surface area (Å²) in [4.78, 5) is 39.4. The number of nitrogens with one attached hydrogen (secondary N) is 1. The van der Waals surface area contributed by atoms with Gasteiger partial charge in [0.25, 0.3) is 0 Å². The predicted molar refractivity (Wildman–Crippen MR) is 99.0 cm³/mol. The summed E-state index contributed by atoms with van der Waals surface area (Å²) >= 11 is 0. The highest BCUT2D eigenvalue weighted by atomic mass is 16.2. The zero-order valence-electron chi connectivity index (χ0n) is 15.5. The first kappa shape index (κ1) is 19.9. The van der Waals surface area contributed by atoms with Crippen molar-refractivity contribution in [2.24, 2.45) is 5.73 Å². The second-order valence-electron chi connectivity index (χ2n) is 6.69. The lowest BCUT2D eigenvalue weighted by Crippen LogP contribution is -2.54. The lowest BCUT2D eigenvalue weighted by atomic mass is 10.1. The Kier molecular flexibility index (Phi) is 7.15. The molecule has 1 fully saturated rings. The van der Waals surface area contributed by atoms with Gasteiger partial charge in [-0.15, -0.1) is 0 Å². The van der Waals surface area contributed by atoms with E-state index in [1.54, 1.807) is 11.8 Å². The van der Waals surface area contributed by atoms with Crippen molar-refractivity contribution in [2.45, 2.75) is 38.8 Å². The number of carbonyl (C=O) groups excluding carboxylic acids is 3. The van der Waals surface area contributed by atoms with E-state index in [1.165, 1.54) is 0 Å². The summed E-state index contributed by atoms with van der Waals surface area (Å²) in [6, 6.07) is 9.31. The first-order chi connectivity index (χ1) is 12.4. The van der Waals surface area contributed by atoms with Gasteiger partial charge in [0.05, 0.1) is 12.1 Å². The standard InChI is InChI=1S/C19H28N4O3/c1-14(16-6-4-3-5-7-16)21-17(24)8-9-18(25)23-12-10-22(11-13-23)15(2)19(20)26/h3-7,14-15H,8-13H2,1-2H3,(H2,20,26)(H,21,24). The molecule has 1 aromatic rings. The lowest BCUT2D eigenvalue weighted by molar-refractivity contribution is -0.136. The molecule has 7 heteroatoms. The normalized spacial score (nSPS) is 17.4. The fraction of sp³-hybridized carbons (Fsp3) is 0.526. The van der Waals surface area contributed by atoms with Crippen LogP contribution >= 0.6 is 0 Å². The molecule has 26 heavy (non-hydrogen) atoms. The molecule has 1 aromatic carbocycles. The molecule has 2 rings (SSSR count). The van der Waals surface area contributed by atoms with Crippen LogP contribution in [0.25, 0.3) is 0 Å². The highest BCUT2D eigenvalue weighted by Gasteiger charge is 2.26. The van der Waals surface area contributed by atoms with Crippen molar-refractivity contribution in [1.82, 2.24) is 15.1 Å². The Morgan fingerprint density at radius 1 is 1.04 bits per heavy atom. The van der Waals surface area contributed by atoms with Gasteiger partial charge in [-0.1, -0.05) is 30.3 Å². The van der Waals surface area contributed by atoms with Crippen LogP contribution in [0.5, 0.6) is 0 Å². The fourth-order valence-corrected chi connectivity index (χ4v) is 3.06. The number of piperazine rings is 1. The maximum atomic E-state index is 12.3. The van der Waals surface area contributed by atoms with Crippen LogP contribution in [0.3, 0.4) is 0 Å². The maximum absolute atomic E-state index is 12.3. The van der Waals surface area contributed by atoms with Crippen molar-refractivity contribution in [3.8, 4) is 0 Å². The average Bonchev–Trinajstić information content (AvgIpc) is 2.66. The van der Waals surface area contributed by atoms with E-state index in [-0.39, 0.29) is 42.6 Å². The van der Waals surface area contributed by atoms with E-state index in [1.807, 2.05) is 42.2 Å². The topological polar surface area (TPSA) is 95.7 Å². The number of primary amides is 1. The molecular formula is C19H28N4O3. The van der Waals surface area contributed by atoms with Crippen molar-refractivity contribution in [3.63, 3.8) is 0 Å². The average molecular weight is 360 g/mol. The van der Waals surface area contributed by atoms with Crippen molar-refractivity contribution in [1.29, 1.82) is 0 Å². The minimum Gasteiger partial charge on any atom is -0.368 e. The van der Waals surface area contributed by atoms with Gasteiger partial charge in [-0.05, 0) is 19.4 Å². The van der Waals surface area contributed by atoms with E-state index in [2.05, 4.69) is 5.32 Å². The SMILES string of the molecule is CC(NC(=O)CCC(=O)N1CCN(C(C)C(N)=O)CC1)c1ccccc1. The zero-order chi connectivity index (χ0) is 19.1. The number of amides is 3. The Balaban J connectivity index is 1.72. The predicted octanol–water partition coefficient (Wildman–Crippen LogP) is 0.662. The Hall–Kier alpha value is -2.41. The molecule has 1 aliphatic rings. The molecule has 3 amide bonds. The Labute approximate surface area is 154 Å². The third-order valence-corrected chi connectivity index (χ3v) is 4.87. The van der Waals surface area contributed by atoms with Crippen LogP contribution in [0.1, 0.15) is 38.3 Å². The molecule has 7 nitrogen and oxygen atoms in total. The fourth-order valence-electron chi connectivity index (χ4n) is 3.06. The monoisotopic (exact) mass is 360 g/mol. The molecule has 142 valence electrons.